The summed E-state index contributed by atoms with van der Waals surface area (Å²) < 4.78 is 69.0. The number of nitrogens with zero attached hydrogens (tertiary/aromatic N) is 4. The molecule has 27 heavy (non-hydrogen) atoms. The highest BCUT2D eigenvalue weighted by Crippen LogP contribution is 2.39. The number of hydrogen-bond acceptors (Lipinski definition) is 6. The number of halogens is 3. The van der Waals surface area contributed by atoms with E-state index in [0.717, 1.165) is 48.1 Å². The molecule has 1 aliphatic heterocycles. The lowest BCUT2D eigenvalue weighted by Gasteiger charge is -2.33. The Morgan fingerprint density at radius 3 is 2.22 bits per heavy atom. The molecule has 11 heteroatoms. The van der Waals surface area contributed by atoms with Crippen LogP contribution in [0.2, 0.25) is 0 Å². The van der Waals surface area contributed by atoms with Crippen molar-refractivity contribution in [2.45, 2.75) is 29.8 Å². The first-order valence-electron chi connectivity index (χ1n) is 8.51. The first-order valence-corrected chi connectivity index (χ1v) is 10.7. The van der Waals surface area contributed by atoms with Crippen molar-refractivity contribution in [3.63, 3.8) is 0 Å². The summed E-state index contributed by atoms with van der Waals surface area (Å²) in [5.74, 6) is 1.34. The van der Waals surface area contributed by atoms with Gasteiger partial charge in [-0.15, -0.1) is 0 Å². The zero-order valence-electron chi connectivity index (χ0n) is 14.2. The van der Waals surface area contributed by atoms with Gasteiger partial charge in [-0.2, -0.15) is 21.9 Å². The van der Waals surface area contributed by atoms with Crippen molar-refractivity contribution < 1.29 is 21.6 Å². The van der Waals surface area contributed by atoms with Gasteiger partial charge >= 0.3 is 6.18 Å². The zero-order chi connectivity index (χ0) is 19.2. The Morgan fingerprint density at radius 2 is 1.67 bits per heavy atom. The summed E-state index contributed by atoms with van der Waals surface area (Å²) in [5.41, 5.74) is -0.867. The van der Waals surface area contributed by atoms with Gasteiger partial charge in [0.25, 0.3) is 0 Å². The summed E-state index contributed by atoms with van der Waals surface area (Å²) >= 11 is 1.32. The molecule has 0 spiro atoms. The molecular formula is C16H17F3N4O2S2. The van der Waals surface area contributed by atoms with Crippen molar-refractivity contribution in [1.29, 1.82) is 0 Å². The van der Waals surface area contributed by atoms with Gasteiger partial charge in [-0.3, -0.25) is 0 Å². The Bertz CT molecular complexity index is 916. The van der Waals surface area contributed by atoms with E-state index in [1.54, 1.807) is 0 Å². The van der Waals surface area contributed by atoms with Crippen molar-refractivity contribution >= 4 is 26.7 Å². The molecular weight excluding hydrogens is 401 g/mol. The van der Waals surface area contributed by atoms with Crippen molar-refractivity contribution in [2.24, 2.45) is 0 Å². The number of piperazine rings is 1. The van der Waals surface area contributed by atoms with Crippen molar-refractivity contribution in [2.75, 3.05) is 31.1 Å². The molecule has 2 aromatic rings. The fraction of sp³-hybridized carbons (Fsp3) is 0.500. The van der Waals surface area contributed by atoms with Gasteiger partial charge in [0, 0.05) is 43.6 Å². The fourth-order valence-electron chi connectivity index (χ4n) is 2.95. The predicted molar refractivity (Wildman–Crippen MR) is 94.3 cm³/mol. The van der Waals surface area contributed by atoms with Crippen LogP contribution in [-0.2, 0) is 16.2 Å². The lowest BCUT2D eigenvalue weighted by Crippen LogP contribution is -2.48. The third kappa shape index (κ3) is 3.81. The highest BCUT2D eigenvalue weighted by molar-refractivity contribution is 7.89. The molecule has 1 saturated heterocycles. The Hall–Kier alpha value is -1.72. The maximum absolute atomic E-state index is 12.7. The molecule has 0 bridgehead atoms. The Kier molecular flexibility index (Phi) is 4.63. The van der Waals surface area contributed by atoms with E-state index in [1.807, 2.05) is 4.90 Å². The fourth-order valence-corrected chi connectivity index (χ4v) is 5.17. The lowest BCUT2D eigenvalue weighted by atomic mass is 10.2. The van der Waals surface area contributed by atoms with Crippen LogP contribution in [0.25, 0.3) is 0 Å². The summed E-state index contributed by atoms with van der Waals surface area (Å²) in [5, 5.41) is 0.795. The molecule has 0 amide bonds. The van der Waals surface area contributed by atoms with Crippen LogP contribution >= 0.6 is 11.5 Å². The summed E-state index contributed by atoms with van der Waals surface area (Å²) in [7, 11) is -3.82. The molecule has 146 valence electrons. The summed E-state index contributed by atoms with van der Waals surface area (Å²) in [6.45, 7) is 1.45. The number of benzene rings is 1. The summed E-state index contributed by atoms with van der Waals surface area (Å²) in [4.78, 5) is 6.41. The molecule has 2 fully saturated rings. The van der Waals surface area contributed by atoms with E-state index in [4.69, 9.17) is 0 Å². The van der Waals surface area contributed by atoms with Crippen LogP contribution in [0.5, 0.6) is 0 Å². The van der Waals surface area contributed by atoms with Gasteiger partial charge in [-0.25, -0.2) is 13.4 Å². The lowest BCUT2D eigenvalue weighted by molar-refractivity contribution is -0.137. The molecule has 0 radical (unpaired) electrons. The topological polar surface area (TPSA) is 66.4 Å². The molecule has 1 aromatic carbocycles. The molecule has 0 unspecified atom stereocenters. The second kappa shape index (κ2) is 6.71. The molecule has 0 N–H and O–H groups in total. The maximum Gasteiger partial charge on any atom is 0.416 e. The predicted octanol–water partition coefficient (Wildman–Crippen LogP) is 2.95. The molecule has 1 saturated carbocycles. The van der Waals surface area contributed by atoms with Crippen LogP contribution in [0.3, 0.4) is 0 Å². The van der Waals surface area contributed by atoms with Gasteiger partial charge in [-0.05, 0) is 37.1 Å². The van der Waals surface area contributed by atoms with E-state index in [-0.39, 0.29) is 18.0 Å². The Labute approximate surface area is 158 Å². The summed E-state index contributed by atoms with van der Waals surface area (Å²) in [6.07, 6.45) is -2.25. The van der Waals surface area contributed by atoms with Crippen LogP contribution in [0, 0.1) is 0 Å². The van der Waals surface area contributed by atoms with E-state index in [2.05, 4.69) is 9.36 Å². The van der Waals surface area contributed by atoms with Gasteiger partial charge < -0.3 is 4.90 Å². The number of anilines is 1. The van der Waals surface area contributed by atoms with E-state index in [9.17, 15) is 21.6 Å². The molecule has 1 aliphatic carbocycles. The van der Waals surface area contributed by atoms with Gasteiger partial charge in [0.05, 0.1) is 10.5 Å². The van der Waals surface area contributed by atoms with Gasteiger partial charge in [0.1, 0.15) is 5.82 Å². The maximum atomic E-state index is 12.7. The molecule has 0 atom stereocenters. The highest BCUT2D eigenvalue weighted by Gasteiger charge is 2.33. The van der Waals surface area contributed by atoms with Gasteiger partial charge in [0.2, 0.25) is 15.2 Å². The quantitative estimate of drug-likeness (QED) is 0.764. The minimum atomic E-state index is -4.49. The standard InChI is InChI=1S/C16H17F3N4O2S2/c17-16(18,19)12-3-5-13(6-4-12)27(24,25)23-9-7-22(8-10-23)15-20-14(21-26-15)11-1-2-11/h3-6,11H,1-2,7-10H2. The SMILES string of the molecule is O=S(=O)(c1ccc(C(F)(F)F)cc1)N1CCN(c2nc(C3CC3)ns2)CC1. The molecule has 4 rings (SSSR count). The largest absolute Gasteiger partial charge is 0.416 e. The van der Waals surface area contributed by atoms with E-state index >= 15 is 0 Å². The highest BCUT2D eigenvalue weighted by atomic mass is 32.2. The van der Waals surface area contributed by atoms with E-state index < -0.39 is 21.8 Å². The first kappa shape index (κ1) is 18.6. The number of rotatable bonds is 4. The Morgan fingerprint density at radius 1 is 1.04 bits per heavy atom. The number of alkyl halides is 3. The van der Waals surface area contributed by atoms with E-state index in [1.165, 1.54) is 15.8 Å². The van der Waals surface area contributed by atoms with Crippen LogP contribution in [-0.4, -0.2) is 48.3 Å². The van der Waals surface area contributed by atoms with E-state index in [0.29, 0.717) is 19.0 Å². The average molecular weight is 418 g/mol. The zero-order valence-corrected chi connectivity index (χ0v) is 15.8. The number of hydrogen-bond donors (Lipinski definition) is 0. The molecule has 1 aromatic heterocycles. The third-order valence-corrected chi connectivity index (χ3v) is 7.41. The van der Waals surface area contributed by atoms with Crippen molar-refractivity contribution in [1.82, 2.24) is 13.7 Å². The second-order valence-corrected chi connectivity index (χ2v) is 9.29. The van der Waals surface area contributed by atoms with Crippen LogP contribution in [0.4, 0.5) is 18.3 Å². The summed E-state index contributed by atoms with van der Waals surface area (Å²) in [6, 6.07) is 3.61. The first-order chi connectivity index (χ1) is 12.7. The second-order valence-electron chi connectivity index (χ2n) is 6.62. The number of sulfonamides is 1. The monoisotopic (exact) mass is 418 g/mol. The third-order valence-electron chi connectivity index (χ3n) is 4.70. The average Bonchev–Trinajstić information content (AvgIpc) is 3.38. The van der Waals surface area contributed by atoms with Crippen LogP contribution in [0.1, 0.15) is 30.1 Å². The Balaban J connectivity index is 1.43. The minimum Gasteiger partial charge on any atom is -0.344 e. The van der Waals surface area contributed by atoms with Crippen LogP contribution < -0.4 is 4.90 Å². The normalized spacial score (nSPS) is 19.4. The van der Waals surface area contributed by atoms with Crippen molar-refractivity contribution in [3.8, 4) is 0 Å². The smallest absolute Gasteiger partial charge is 0.344 e. The minimum absolute atomic E-state index is 0.129. The van der Waals surface area contributed by atoms with Gasteiger partial charge in [-0.1, -0.05) is 0 Å². The van der Waals surface area contributed by atoms with Gasteiger partial charge in [0.15, 0.2) is 0 Å². The molecule has 6 nitrogen and oxygen atoms in total. The molecule has 2 heterocycles. The van der Waals surface area contributed by atoms with Crippen LogP contribution in [0.15, 0.2) is 29.2 Å². The van der Waals surface area contributed by atoms with Crippen molar-refractivity contribution in [3.05, 3.63) is 35.7 Å². The molecule has 2 aliphatic rings. The number of aromatic nitrogens is 2.